The second kappa shape index (κ2) is 5.83. The van der Waals surface area contributed by atoms with Crippen molar-refractivity contribution < 1.29 is 14.3 Å². The topological polar surface area (TPSA) is 59.9 Å². The van der Waals surface area contributed by atoms with Gasteiger partial charge in [0.25, 0.3) is 0 Å². The van der Waals surface area contributed by atoms with Crippen LogP contribution in [0.4, 0.5) is 10.5 Å². The quantitative estimate of drug-likeness (QED) is 0.895. The Bertz CT molecular complexity index is 550. The molecule has 1 N–H and O–H groups in total. The van der Waals surface area contributed by atoms with E-state index >= 15 is 0 Å². The number of hydrogen-bond acceptors (Lipinski definition) is 4. The van der Waals surface area contributed by atoms with Gasteiger partial charge >= 0.3 is 6.09 Å². The molecule has 0 atom stereocenters. The Morgan fingerprint density at radius 2 is 2.20 bits per heavy atom. The van der Waals surface area contributed by atoms with Crippen molar-refractivity contribution in [2.24, 2.45) is 4.99 Å². The lowest BCUT2D eigenvalue weighted by Crippen LogP contribution is -2.27. The van der Waals surface area contributed by atoms with Gasteiger partial charge in [0.05, 0.1) is 17.8 Å². The van der Waals surface area contributed by atoms with Gasteiger partial charge in [-0.15, -0.1) is 0 Å². The van der Waals surface area contributed by atoms with Crippen molar-refractivity contribution in [1.82, 2.24) is 0 Å². The maximum absolute atomic E-state index is 11.9. The van der Waals surface area contributed by atoms with Crippen LogP contribution >= 0.6 is 15.9 Å². The number of ether oxygens (including phenoxy) is 2. The second-order valence-corrected chi connectivity index (χ2v) is 6.27. The second-order valence-electron chi connectivity index (χ2n) is 5.35. The monoisotopic (exact) mass is 340 g/mol. The van der Waals surface area contributed by atoms with Crippen LogP contribution in [-0.4, -0.2) is 30.7 Å². The largest absolute Gasteiger partial charge is 0.475 e. The number of benzene rings is 1. The highest BCUT2D eigenvalue weighted by atomic mass is 79.9. The van der Waals surface area contributed by atoms with Crippen molar-refractivity contribution in [1.29, 1.82) is 0 Å². The normalized spacial score (nSPS) is 14.5. The lowest BCUT2D eigenvalue weighted by Gasteiger charge is -2.20. The van der Waals surface area contributed by atoms with Crippen LogP contribution in [0.5, 0.6) is 0 Å². The number of nitrogens with one attached hydrogen (secondary N) is 1. The van der Waals surface area contributed by atoms with Crippen LogP contribution < -0.4 is 5.32 Å². The van der Waals surface area contributed by atoms with E-state index in [0.717, 1.165) is 10.0 Å². The molecule has 1 heterocycles. The van der Waals surface area contributed by atoms with Gasteiger partial charge < -0.3 is 9.47 Å². The van der Waals surface area contributed by atoms with Gasteiger partial charge in [0, 0.05) is 4.47 Å². The van der Waals surface area contributed by atoms with E-state index in [4.69, 9.17) is 9.47 Å². The molecule has 0 aliphatic carbocycles. The average Bonchev–Trinajstić information content (AvgIpc) is 2.79. The first-order valence-electron chi connectivity index (χ1n) is 6.32. The minimum absolute atomic E-state index is 0.504. The average molecular weight is 341 g/mol. The highest BCUT2D eigenvalue weighted by molar-refractivity contribution is 9.10. The SMILES string of the molecule is CC(C)(C)OC(=O)Nc1cc(Br)ccc1C1=NCCO1. The van der Waals surface area contributed by atoms with Crippen LogP contribution in [0.1, 0.15) is 26.3 Å². The molecule has 0 saturated heterocycles. The van der Waals surface area contributed by atoms with E-state index in [9.17, 15) is 4.79 Å². The third-order valence-electron chi connectivity index (χ3n) is 2.43. The zero-order valence-corrected chi connectivity index (χ0v) is 13.3. The molecule has 1 aromatic carbocycles. The van der Waals surface area contributed by atoms with Crippen LogP contribution in [0.2, 0.25) is 0 Å². The Morgan fingerprint density at radius 1 is 1.45 bits per heavy atom. The van der Waals surface area contributed by atoms with E-state index in [1.807, 2.05) is 32.9 Å². The fourth-order valence-corrected chi connectivity index (χ4v) is 2.08. The van der Waals surface area contributed by atoms with Crippen molar-refractivity contribution in [3.63, 3.8) is 0 Å². The first-order chi connectivity index (χ1) is 9.35. The van der Waals surface area contributed by atoms with Crippen LogP contribution in [0, 0.1) is 0 Å². The molecular weight excluding hydrogens is 324 g/mol. The van der Waals surface area contributed by atoms with Crippen molar-refractivity contribution in [3.8, 4) is 0 Å². The van der Waals surface area contributed by atoms with Gasteiger partial charge in [-0.2, -0.15) is 0 Å². The minimum Gasteiger partial charge on any atom is -0.475 e. The minimum atomic E-state index is -0.544. The van der Waals surface area contributed by atoms with E-state index in [1.165, 1.54) is 0 Å². The van der Waals surface area contributed by atoms with Crippen molar-refractivity contribution in [2.45, 2.75) is 26.4 Å². The maximum Gasteiger partial charge on any atom is 0.412 e. The van der Waals surface area contributed by atoms with Crippen LogP contribution in [-0.2, 0) is 9.47 Å². The number of hydrogen-bond donors (Lipinski definition) is 1. The summed E-state index contributed by atoms with van der Waals surface area (Å²) in [5.74, 6) is 0.545. The van der Waals surface area contributed by atoms with E-state index in [2.05, 4.69) is 26.2 Å². The summed E-state index contributed by atoms with van der Waals surface area (Å²) in [5, 5.41) is 2.73. The van der Waals surface area contributed by atoms with E-state index in [0.29, 0.717) is 24.7 Å². The summed E-state index contributed by atoms with van der Waals surface area (Å²) >= 11 is 3.38. The Kier molecular flexibility index (Phi) is 4.32. The molecule has 108 valence electrons. The molecule has 0 bridgehead atoms. The van der Waals surface area contributed by atoms with Crippen molar-refractivity contribution >= 4 is 33.6 Å². The predicted octanol–water partition coefficient (Wildman–Crippen LogP) is 3.57. The van der Waals surface area contributed by atoms with E-state index in [-0.39, 0.29) is 0 Å². The lowest BCUT2D eigenvalue weighted by atomic mass is 10.1. The molecule has 1 amide bonds. The highest BCUT2D eigenvalue weighted by Crippen LogP contribution is 2.24. The number of halogens is 1. The Morgan fingerprint density at radius 3 is 2.80 bits per heavy atom. The zero-order valence-electron chi connectivity index (χ0n) is 11.7. The Hall–Kier alpha value is -1.56. The molecule has 2 rings (SSSR count). The molecule has 1 aromatic rings. The van der Waals surface area contributed by atoms with Crippen LogP contribution in [0.25, 0.3) is 0 Å². The predicted molar refractivity (Wildman–Crippen MR) is 81.4 cm³/mol. The summed E-state index contributed by atoms with van der Waals surface area (Å²) in [6.07, 6.45) is -0.504. The van der Waals surface area contributed by atoms with Gasteiger partial charge in [-0.25, -0.2) is 9.79 Å². The fraction of sp³-hybridized carbons (Fsp3) is 0.429. The van der Waals surface area contributed by atoms with Crippen molar-refractivity contribution in [2.75, 3.05) is 18.5 Å². The number of amides is 1. The Labute approximate surface area is 126 Å². The van der Waals surface area contributed by atoms with Gasteiger partial charge in [-0.1, -0.05) is 15.9 Å². The summed E-state index contributed by atoms with van der Waals surface area (Å²) in [6, 6.07) is 5.52. The fourth-order valence-electron chi connectivity index (χ4n) is 1.72. The van der Waals surface area contributed by atoms with Gasteiger partial charge in [-0.05, 0) is 39.0 Å². The first-order valence-corrected chi connectivity index (χ1v) is 7.12. The number of carbonyl (C=O) groups excluding carboxylic acids is 1. The van der Waals surface area contributed by atoms with E-state index in [1.54, 1.807) is 6.07 Å². The summed E-state index contributed by atoms with van der Waals surface area (Å²) in [4.78, 5) is 16.1. The summed E-state index contributed by atoms with van der Waals surface area (Å²) < 4.78 is 11.6. The first kappa shape index (κ1) is 14.8. The molecule has 1 aliphatic heterocycles. The summed E-state index contributed by atoms with van der Waals surface area (Å²) in [6.45, 7) is 6.66. The molecule has 0 unspecified atom stereocenters. The van der Waals surface area contributed by atoms with Crippen LogP contribution in [0.15, 0.2) is 27.7 Å². The number of anilines is 1. The molecule has 6 heteroatoms. The number of nitrogens with zero attached hydrogens (tertiary/aromatic N) is 1. The highest BCUT2D eigenvalue weighted by Gasteiger charge is 2.20. The maximum atomic E-state index is 11.9. The van der Waals surface area contributed by atoms with Gasteiger partial charge in [0.15, 0.2) is 0 Å². The molecular formula is C14H17BrN2O3. The molecule has 1 aliphatic rings. The molecule has 0 saturated carbocycles. The number of carbonyl (C=O) groups is 1. The van der Waals surface area contributed by atoms with Gasteiger partial charge in [0.1, 0.15) is 12.2 Å². The molecule has 5 nitrogen and oxygen atoms in total. The summed E-state index contributed by atoms with van der Waals surface area (Å²) in [5.41, 5.74) is 0.809. The number of aliphatic imine (C=N–C) groups is 1. The smallest absolute Gasteiger partial charge is 0.412 e. The van der Waals surface area contributed by atoms with Crippen LogP contribution in [0.3, 0.4) is 0 Å². The van der Waals surface area contributed by atoms with E-state index < -0.39 is 11.7 Å². The summed E-state index contributed by atoms with van der Waals surface area (Å²) in [7, 11) is 0. The lowest BCUT2D eigenvalue weighted by molar-refractivity contribution is 0.0636. The Balaban J connectivity index is 2.21. The van der Waals surface area contributed by atoms with Gasteiger partial charge in [-0.3, -0.25) is 5.32 Å². The molecule has 0 spiro atoms. The van der Waals surface area contributed by atoms with Crippen molar-refractivity contribution in [3.05, 3.63) is 28.2 Å². The zero-order chi connectivity index (χ0) is 14.8. The van der Waals surface area contributed by atoms with Gasteiger partial charge in [0.2, 0.25) is 5.90 Å². The molecule has 0 fully saturated rings. The standard InChI is InChI=1S/C14H17BrN2O3/c1-14(2,3)20-13(18)17-11-8-9(15)4-5-10(11)12-16-6-7-19-12/h4-5,8H,6-7H2,1-3H3,(H,17,18). The molecule has 20 heavy (non-hydrogen) atoms. The third kappa shape index (κ3) is 3.96. The molecule has 0 radical (unpaired) electrons. The number of rotatable bonds is 2. The third-order valence-corrected chi connectivity index (χ3v) is 2.93. The molecule has 0 aromatic heterocycles.